The Hall–Kier alpha value is -1.58. The van der Waals surface area contributed by atoms with Gasteiger partial charge in [-0.25, -0.2) is 4.98 Å². The first-order valence-electron chi connectivity index (χ1n) is 7.21. The van der Waals surface area contributed by atoms with Crippen LogP contribution in [0.5, 0.6) is 0 Å². The molecule has 3 rings (SSSR count). The number of amides is 1. The van der Waals surface area contributed by atoms with Crippen molar-refractivity contribution in [2.75, 3.05) is 25.5 Å². The molecule has 1 aromatic rings. The Morgan fingerprint density at radius 2 is 2.00 bits per heavy atom. The maximum Gasteiger partial charge on any atom is 0.254 e. The number of hydrogen-bond acceptors (Lipinski definition) is 3. The van der Waals surface area contributed by atoms with E-state index in [0.717, 1.165) is 36.3 Å². The van der Waals surface area contributed by atoms with E-state index in [0.29, 0.717) is 0 Å². The second kappa shape index (κ2) is 5.19. The Balaban J connectivity index is 1.73. The fourth-order valence-corrected chi connectivity index (χ4v) is 3.45. The van der Waals surface area contributed by atoms with Crippen LogP contribution >= 0.6 is 0 Å². The minimum Gasteiger partial charge on any atom is -0.373 e. The zero-order valence-electron chi connectivity index (χ0n) is 11.4. The summed E-state index contributed by atoms with van der Waals surface area (Å²) in [6.45, 7) is 1.89. The Kier molecular flexibility index (Phi) is 3.40. The highest BCUT2D eigenvalue weighted by Gasteiger charge is 2.36. The van der Waals surface area contributed by atoms with Crippen LogP contribution in [-0.2, 0) is 0 Å². The molecule has 0 spiro atoms. The molecule has 1 amide bonds. The number of carbonyl (C=O) groups excluding carboxylic acids is 1. The molecule has 2 fully saturated rings. The van der Waals surface area contributed by atoms with Crippen molar-refractivity contribution in [3.8, 4) is 0 Å². The summed E-state index contributed by atoms with van der Waals surface area (Å²) in [7, 11) is 1.82. The van der Waals surface area contributed by atoms with E-state index in [1.54, 1.807) is 6.20 Å². The summed E-state index contributed by atoms with van der Waals surface area (Å²) in [5.41, 5.74) is 0.748. The first-order chi connectivity index (χ1) is 9.28. The van der Waals surface area contributed by atoms with E-state index >= 15 is 0 Å². The molecule has 2 atom stereocenters. The van der Waals surface area contributed by atoms with Gasteiger partial charge in [0.1, 0.15) is 5.82 Å². The van der Waals surface area contributed by atoms with Crippen LogP contribution in [0.1, 0.15) is 36.0 Å². The van der Waals surface area contributed by atoms with Crippen molar-refractivity contribution in [3.63, 3.8) is 0 Å². The van der Waals surface area contributed by atoms with Crippen molar-refractivity contribution in [2.45, 2.75) is 25.7 Å². The second-order valence-corrected chi connectivity index (χ2v) is 5.69. The normalized spacial score (nSPS) is 26.1. The third-order valence-corrected chi connectivity index (χ3v) is 4.53. The predicted octanol–water partition coefficient (Wildman–Crippen LogP) is 2.39. The van der Waals surface area contributed by atoms with Crippen LogP contribution in [0.2, 0.25) is 0 Å². The van der Waals surface area contributed by atoms with E-state index in [2.05, 4.69) is 10.3 Å². The van der Waals surface area contributed by atoms with E-state index < -0.39 is 0 Å². The first-order valence-corrected chi connectivity index (χ1v) is 7.21. The van der Waals surface area contributed by atoms with Gasteiger partial charge in [0.2, 0.25) is 0 Å². The third-order valence-electron chi connectivity index (χ3n) is 4.53. The summed E-state index contributed by atoms with van der Waals surface area (Å²) in [5, 5.41) is 2.98. The molecule has 4 nitrogen and oxygen atoms in total. The van der Waals surface area contributed by atoms with E-state index in [1.165, 1.54) is 25.7 Å². The molecule has 19 heavy (non-hydrogen) atoms. The molecule has 1 N–H and O–H groups in total. The van der Waals surface area contributed by atoms with Gasteiger partial charge in [-0.3, -0.25) is 4.79 Å². The highest BCUT2D eigenvalue weighted by Crippen LogP contribution is 2.36. The molecule has 0 unspecified atom stereocenters. The zero-order valence-corrected chi connectivity index (χ0v) is 11.4. The number of rotatable bonds is 2. The standard InChI is InChI=1S/C15H21N3O/c1-16-14-8-11(6-7-17-14)15(19)18-9-12-4-2-3-5-13(12)10-18/h6-8,12-13H,2-5,9-10H2,1H3,(H,16,17)/t12-,13-/m1/s1. The molecule has 0 radical (unpaired) electrons. The van der Waals surface area contributed by atoms with Crippen molar-refractivity contribution >= 4 is 11.7 Å². The summed E-state index contributed by atoms with van der Waals surface area (Å²) in [6.07, 6.45) is 6.96. The van der Waals surface area contributed by atoms with Gasteiger partial charge in [0.05, 0.1) is 0 Å². The van der Waals surface area contributed by atoms with Gasteiger partial charge in [-0.15, -0.1) is 0 Å². The number of nitrogens with one attached hydrogen (secondary N) is 1. The predicted molar refractivity (Wildman–Crippen MR) is 75.1 cm³/mol. The molecule has 1 saturated heterocycles. The molecule has 2 aliphatic rings. The minimum atomic E-state index is 0.160. The lowest BCUT2D eigenvalue weighted by atomic mass is 9.82. The first kappa shape index (κ1) is 12.5. The molecular formula is C15H21N3O. The molecule has 1 aliphatic carbocycles. The van der Waals surface area contributed by atoms with Crippen LogP contribution in [0.15, 0.2) is 18.3 Å². The Morgan fingerprint density at radius 1 is 1.32 bits per heavy atom. The second-order valence-electron chi connectivity index (χ2n) is 5.69. The summed E-state index contributed by atoms with van der Waals surface area (Å²) in [4.78, 5) is 18.7. The van der Waals surface area contributed by atoms with Crippen LogP contribution in [0.25, 0.3) is 0 Å². The molecule has 1 saturated carbocycles. The third kappa shape index (κ3) is 2.44. The summed E-state index contributed by atoms with van der Waals surface area (Å²) < 4.78 is 0. The number of fused-ring (bicyclic) bond motifs is 1. The van der Waals surface area contributed by atoms with Crippen molar-refractivity contribution in [3.05, 3.63) is 23.9 Å². The quantitative estimate of drug-likeness (QED) is 0.887. The molecule has 102 valence electrons. The summed E-state index contributed by atoms with van der Waals surface area (Å²) >= 11 is 0. The van der Waals surface area contributed by atoms with Crippen LogP contribution in [0.4, 0.5) is 5.82 Å². The highest BCUT2D eigenvalue weighted by atomic mass is 16.2. The summed E-state index contributed by atoms with van der Waals surface area (Å²) in [5.74, 6) is 2.39. The van der Waals surface area contributed by atoms with Gasteiger partial charge in [-0.05, 0) is 36.8 Å². The average molecular weight is 259 g/mol. The number of anilines is 1. The lowest BCUT2D eigenvalue weighted by Crippen LogP contribution is -2.29. The number of nitrogens with zero attached hydrogens (tertiary/aromatic N) is 2. The van der Waals surface area contributed by atoms with Gasteiger partial charge < -0.3 is 10.2 Å². The van der Waals surface area contributed by atoms with Crippen molar-refractivity contribution < 1.29 is 4.79 Å². The van der Waals surface area contributed by atoms with Crippen molar-refractivity contribution in [1.29, 1.82) is 0 Å². The molecule has 1 aromatic heterocycles. The van der Waals surface area contributed by atoms with E-state index in [4.69, 9.17) is 0 Å². The van der Waals surface area contributed by atoms with Gasteiger partial charge in [0.25, 0.3) is 5.91 Å². The lowest BCUT2D eigenvalue weighted by molar-refractivity contribution is 0.0784. The number of aromatic nitrogens is 1. The summed E-state index contributed by atoms with van der Waals surface area (Å²) in [6, 6.07) is 3.65. The van der Waals surface area contributed by atoms with Gasteiger partial charge in [-0.1, -0.05) is 12.8 Å². The van der Waals surface area contributed by atoms with Crippen LogP contribution in [-0.4, -0.2) is 35.9 Å². The molecule has 0 aromatic carbocycles. The fourth-order valence-electron chi connectivity index (χ4n) is 3.45. The van der Waals surface area contributed by atoms with E-state index in [-0.39, 0.29) is 5.91 Å². The average Bonchev–Trinajstić information content (AvgIpc) is 2.90. The molecule has 2 heterocycles. The maximum atomic E-state index is 12.5. The Morgan fingerprint density at radius 3 is 2.63 bits per heavy atom. The largest absolute Gasteiger partial charge is 0.373 e. The minimum absolute atomic E-state index is 0.160. The molecule has 4 heteroatoms. The fraction of sp³-hybridized carbons (Fsp3) is 0.600. The monoisotopic (exact) mass is 259 g/mol. The molecule has 1 aliphatic heterocycles. The number of likely N-dealkylation sites (tertiary alicyclic amines) is 1. The smallest absolute Gasteiger partial charge is 0.254 e. The van der Waals surface area contributed by atoms with E-state index in [9.17, 15) is 4.79 Å². The van der Waals surface area contributed by atoms with Crippen LogP contribution < -0.4 is 5.32 Å². The SMILES string of the molecule is CNc1cc(C(=O)N2C[C@H]3CCCC[C@@H]3C2)ccn1. The number of hydrogen-bond donors (Lipinski definition) is 1. The Bertz CT molecular complexity index is 460. The van der Waals surface area contributed by atoms with Crippen LogP contribution in [0, 0.1) is 11.8 Å². The Labute approximate surface area is 114 Å². The lowest BCUT2D eigenvalue weighted by Gasteiger charge is -2.22. The van der Waals surface area contributed by atoms with E-state index in [1.807, 2.05) is 24.1 Å². The number of carbonyl (C=O) groups is 1. The van der Waals surface area contributed by atoms with Gasteiger partial charge in [0.15, 0.2) is 0 Å². The van der Waals surface area contributed by atoms with Gasteiger partial charge >= 0.3 is 0 Å². The van der Waals surface area contributed by atoms with Gasteiger partial charge in [-0.2, -0.15) is 0 Å². The molecule has 0 bridgehead atoms. The zero-order chi connectivity index (χ0) is 13.2. The highest BCUT2D eigenvalue weighted by molar-refractivity contribution is 5.95. The molecular weight excluding hydrogens is 238 g/mol. The van der Waals surface area contributed by atoms with Crippen molar-refractivity contribution in [2.24, 2.45) is 11.8 Å². The maximum absolute atomic E-state index is 12.5. The van der Waals surface area contributed by atoms with Crippen LogP contribution in [0.3, 0.4) is 0 Å². The number of pyridine rings is 1. The topological polar surface area (TPSA) is 45.2 Å². The van der Waals surface area contributed by atoms with Gasteiger partial charge in [0, 0.05) is 31.9 Å². The van der Waals surface area contributed by atoms with Crippen molar-refractivity contribution in [1.82, 2.24) is 9.88 Å².